The number of rotatable bonds is 7. The van der Waals surface area contributed by atoms with Crippen molar-refractivity contribution in [2.45, 2.75) is 20.5 Å². The molecule has 3 rings (SSSR count). The summed E-state index contributed by atoms with van der Waals surface area (Å²) in [5.74, 6) is 1.18. The number of carbonyl (C=O) groups excluding carboxylic acids is 1. The van der Waals surface area contributed by atoms with Crippen molar-refractivity contribution < 1.29 is 14.3 Å². The predicted molar refractivity (Wildman–Crippen MR) is 122 cm³/mol. The zero-order valence-electron chi connectivity index (χ0n) is 17.1. The first-order chi connectivity index (χ1) is 14.5. The molecule has 0 spiro atoms. The Labute approximate surface area is 184 Å². The molecule has 6 heteroatoms. The topological polar surface area (TPSA) is 59.9 Å². The fourth-order valence-corrected chi connectivity index (χ4v) is 3.28. The lowest BCUT2D eigenvalue weighted by atomic mass is 10.1. The Bertz CT molecular complexity index is 1040. The maximum atomic E-state index is 12.2. The normalized spacial score (nSPS) is 10.8. The van der Waals surface area contributed by atoms with Crippen molar-refractivity contribution in [2.75, 3.05) is 7.11 Å². The molecule has 1 amide bonds. The summed E-state index contributed by atoms with van der Waals surface area (Å²) < 4.78 is 12.2. The van der Waals surface area contributed by atoms with Crippen molar-refractivity contribution in [3.63, 3.8) is 0 Å². The summed E-state index contributed by atoms with van der Waals surface area (Å²) in [5.41, 5.74) is 7.02. The van der Waals surface area contributed by atoms with Crippen LogP contribution < -0.4 is 14.9 Å². The Morgan fingerprint density at radius 1 is 1.07 bits per heavy atom. The SMILES string of the molecule is COc1cccc(C(=O)N/N=C\c2cc(C)c(OCc3ccc(Br)cc3)c(C)c2)c1. The molecular formula is C24H23BrN2O3. The number of benzene rings is 3. The van der Waals surface area contributed by atoms with Crippen LogP contribution in [-0.2, 0) is 6.61 Å². The summed E-state index contributed by atoms with van der Waals surface area (Å²) >= 11 is 3.44. The molecule has 154 valence electrons. The highest BCUT2D eigenvalue weighted by Crippen LogP contribution is 2.25. The number of halogens is 1. The van der Waals surface area contributed by atoms with E-state index >= 15 is 0 Å². The largest absolute Gasteiger partial charge is 0.497 e. The molecular weight excluding hydrogens is 444 g/mol. The average Bonchev–Trinajstić information content (AvgIpc) is 2.74. The lowest BCUT2D eigenvalue weighted by molar-refractivity contribution is 0.0955. The highest BCUT2D eigenvalue weighted by Gasteiger charge is 2.08. The fraction of sp³-hybridized carbons (Fsp3) is 0.167. The second-order valence-corrected chi connectivity index (χ2v) is 7.75. The third-order valence-corrected chi connectivity index (χ3v) is 5.02. The van der Waals surface area contributed by atoms with E-state index in [0.717, 1.165) is 32.5 Å². The van der Waals surface area contributed by atoms with Crippen molar-refractivity contribution in [1.82, 2.24) is 5.43 Å². The van der Waals surface area contributed by atoms with Gasteiger partial charge in [-0.1, -0.05) is 34.1 Å². The van der Waals surface area contributed by atoms with Gasteiger partial charge in [-0.25, -0.2) is 5.43 Å². The summed E-state index contributed by atoms with van der Waals surface area (Å²) in [7, 11) is 1.56. The van der Waals surface area contributed by atoms with Crippen LogP contribution in [0.25, 0.3) is 0 Å². The van der Waals surface area contributed by atoms with E-state index in [4.69, 9.17) is 9.47 Å². The number of nitrogens with zero attached hydrogens (tertiary/aromatic N) is 1. The Kier molecular flexibility index (Phi) is 7.25. The van der Waals surface area contributed by atoms with Crippen molar-refractivity contribution in [1.29, 1.82) is 0 Å². The van der Waals surface area contributed by atoms with E-state index in [1.165, 1.54) is 0 Å². The Hall–Kier alpha value is -3.12. The molecule has 0 heterocycles. The molecule has 3 aromatic rings. The molecule has 0 unspecified atom stereocenters. The van der Waals surface area contributed by atoms with Crippen LogP contribution in [0.15, 0.2) is 70.2 Å². The molecule has 0 atom stereocenters. The summed E-state index contributed by atoms with van der Waals surface area (Å²) in [5, 5.41) is 4.08. The lowest BCUT2D eigenvalue weighted by Gasteiger charge is -2.13. The van der Waals surface area contributed by atoms with Gasteiger partial charge >= 0.3 is 0 Å². The second-order valence-electron chi connectivity index (χ2n) is 6.83. The number of amides is 1. The third-order valence-electron chi connectivity index (χ3n) is 4.49. The van der Waals surface area contributed by atoms with Crippen molar-refractivity contribution in [3.8, 4) is 11.5 Å². The minimum Gasteiger partial charge on any atom is -0.497 e. The number of aryl methyl sites for hydroxylation is 2. The molecule has 1 N–H and O–H groups in total. The second kappa shape index (κ2) is 10.1. The Morgan fingerprint density at radius 2 is 1.77 bits per heavy atom. The lowest BCUT2D eigenvalue weighted by Crippen LogP contribution is -2.17. The van der Waals surface area contributed by atoms with Gasteiger partial charge in [0, 0.05) is 10.0 Å². The molecule has 0 aliphatic heterocycles. The molecule has 3 aromatic carbocycles. The van der Waals surface area contributed by atoms with Crippen LogP contribution in [0, 0.1) is 13.8 Å². The molecule has 0 aliphatic rings. The summed E-state index contributed by atoms with van der Waals surface area (Å²) in [6.07, 6.45) is 1.62. The van der Waals surface area contributed by atoms with Gasteiger partial charge in [-0.15, -0.1) is 0 Å². The van der Waals surface area contributed by atoms with Crippen LogP contribution >= 0.6 is 15.9 Å². The minimum absolute atomic E-state index is 0.298. The van der Waals surface area contributed by atoms with Crippen LogP contribution in [-0.4, -0.2) is 19.2 Å². The van der Waals surface area contributed by atoms with Gasteiger partial charge < -0.3 is 9.47 Å². The average molecular weight is 467 g/mol. The van der Waals surface area contributed by atoms with Gasteiger partial charge in [-0.3, -0.25) is 4.79 Å². The van der Waals surface area contributed by atoms with E-state index in [1.807, 2.05) is 50.2 Å². The number of ether oxygens (including phenoxy) is 2. The summed E-state index contributed by atoms with van der Waals surface area (Å²) in [6.45, 7) is 4.49. The molecule has 0 aromatic heterocycles. The third kappa shape index (κ3) is 5.70. The molecule has 0 radical (unpaired) electrons. The monoisotopic (exact) mass is 466 g/mol. The first-order valence-corrected chi connectivity index (χ1v) is 10.2. The molecule has 5 nitrogen and oxygen atoms in total. The maximum Gasteiger partial charge on any atom is 0.271 e. The first kappa shape index (κ1) is 21.6. The number of hydrazone groups is 1. The number of hydrogen-bond donors (Lipinski definition) is 1. The molecule has 30 heavy (non-hydrogen) atoms. The van der Waals surface area contributed by atoms with Gasteiger partial charge in [0.25, 0.3) is 5.91 Å². The fourth-order valence-electron chi connectivity index (χ4n) is 3.02. The molecule has 0 bridgehead atoms. The first-order valence-electron chi connectivity index (χ1n) is 9.42. The van der Waals surface area contributed by atoms with E-state index in [-0.39, 0.29) is 5.91 Å². The highest BCUT2D eigenvalue weighted by molar-refractivity contribution is 9.10. The van der Waals surface area contributed by atoms with Gasteiger partial charge in [0.15, 0.2) is 0 Å². The van der Waals surface area contributed by atoms with Gasteiger partial charge in [0.2, 0.25) is 0 Å². The van der Waals surface area contributed by atoms with Crippen molar-refractivity contribution in [2.24, 2.45) is 5.10 Å². The molecule has 0 saturated heterocycles. The number of nitrogens with one attached hydrogen (secondary N) is 1. The van der Waals surface area contributed by atoms with E-state index in [9.17, 15) is 4.79 Å². The van der Waals surface area contributed by atoms with E-state index < -0.39 is 0 Å². The van der Waals surface area contributed by atoms with E-state index in [2.05, 4.69) is 26.5 Å². The van der Waals surface area contributed by atoms with Gasteiger partial charge in [-0.2, -0.15) is 5.10 Å². The van der Waals surface area contributed by atoms with Gasteiger partial charge in [0.1, 0.15) is 18.1 Å². The van der Waals surface area contributed by atoms with Crippen LogP contribution in [0.2, 0.25) is 0 Å². The molecule has 0 aliphatic carbocycles. The van der Waals surface area contributed by atoms with Crippen LogP contribution in [0.4, 0.5) is 0 Å². The van der Waals surface area contributed by atoms with Gasteiger partial charge in [0.05, 0.1) is 13.3 Å². The Morgan fingerprint density at radius 3 is 2.43 bits per heavy atom. The highest BCUT2D eigenvalue weighted by atomic mass is 79.9. The Balaban J connectivity index is 1.64. The van der Waals surface area contributed by atoms with E-state index in [0.29, 0.717) is 17.9 Å². The van der Waals surface area contributed by atoms with Crippen molar-refractivity contribution in [3.05, 3.63) is 93.0 Å². The zero-order valence-corrected chi connectivity index (χ0v) is 18.7. The van der Waals surface area contributed by atoms with E-state index in [1.54, 1.807) is 37.6 Å². The quantitative estimate of drug-likeness (QED) is 0.373. The van der Waals surface area contributed by atoms with Crippen LogP contribution in [0.3, 0.4) is 0 Å². The zero-order chi connectivity index (χ0) is 21.5. The van der Waals surface area contributed by atoms with Gasteiger partial charge in [-0.05, 0) is 78.6 Å². The van der Waals surface area contributed by atoms with Crippen molar-refractivity contribution >= 4 is 28.1 Å². The van der Waals surface area contributed by atoms with Crippen LogP contribution in [0.1, 0.15) is 32.6 Å². The number of carbonyl (C=O) groups is 1. The number of methoxy groups -OCH3 is 1. The summed E-state index contributed by atoms with van der Waals surface area (Å²) in [6, 6.07) is 18.9. The molecule has 0 fully saturated rings. The number of hydrogen-bond acceptors (Lipinski definition) is 4. The maximum absolute atomic E-state index is 12.2. The summed E-state index contributed by atoms with van der Waals surface area (Å²) in [4.78, 5) is 12.2. The molecule has 0 saturated carbocycles. The smallest absolute Gasteiger partial charge is 0.271 e. The minimum atomic E-state index is -0.298. The standard InChI is InChI=1S/C24H23BrN2O3/c1-16-11-19(14-26-27-24(28)20-5-4-6-22(13-20)29-3)12-17(2)23(16)30-15-18-7-9-21(25)10-8-18/h4-14H,15H2,1-3H3,(H,27,28)/b26-14-. The predicted octanol–water partition coefficient (Wildman–Crippen LogP) is 5.42. The van der Waals surface area contributed by atoms with Crippen LogP contribution in [0.5, 0.6) is 11.5 Å².